The second-order valence-corrected chi connectivity index (χ2v) is 10.5. The molecule has 0 atom stereocenters. The molecule has 0 bridgehead atoms. The minimum absolute atomic E-state index is 0.0164. The summed E-state index contributed by atoms with van der Waals surface area (Å²) in [7, 11) is 2.36. The SMILES string of the molecule is CCCC[CH]CCCCC(=O)NCC(C)(C)CC[Si](OC)(OC)OC. The van der Waals surface area contributed by atoms with Crippen LogP contribution in [0, 0.1) is 11.8 Å². The summed E-state index contributed by atoms with van der Waals surface area (Å²) >= 11 is 0. The first-order valence-electron chi connectivity index (χ1n) is 9.58. The predicted octanol–water partition coefficient (Wildman–Crippen LogP) is 4.35. The summed E-state index contributed by atoms with van der Waals surface area (Å²) in [6, 6.07) is 0.743. The van der Waals surface area contributed by atoms with E-state index in [1.54, 1.807) is 21.3 Å². The average molecular weight is 375 g/mol. The van der Waals surface area contributed by atoms with Crippen LogP contribution in [0.15, 0.2) is 0 Å². The highest BCUT2D eigenvalue weighted by Gasteiger charge is 2.39. The molecule has 1 amide bonds. The fourth-order valence-corrected chi connectivity index (χ4v) is 4.72. The Morgan fingerprint density at radius 3 is 2.20 bits per heavy atom. The van der Waals surface area contributed by atoms with Gasteiger partial charge in [-0.3, -0.25) is 4.79 Å². The monoisotopic (exact) mass is 374 g/mol. The minimum atomic E-state index is -2.54. The molecule has 5 nitrogen and oxygen atoms in total. The van der Waals surface area contributed by atoms with Gasteiger partial charge in [0, 0.05) is 40.3 Å². The van der Waals surface area contributed by atoms with Gasteiger partial charge >= 0.3 is 8.80 Å². The van der Waals surface area contributed by atoms with E-state index < -0.39 is 8.80 Å². The van der Waals surface area contributed by atoms with Crippen molar-refractivity contribution in [2.24, 2.45) is 5.41 Å². The summed E-state index contributed by atoms with van der Waals surface area (Å²) in [5.74, 6) is 0.148. The highest BCUT2D eigenvalue weighted by molar-refractivity contribution is 6.60. The first-order valence-corrected chi connectivity index (χ1v) is 11.5. The van der Waals surface area contributed by atoms with Crippen LogP contribution in [0.2, 0.25) is 6.04 Å². The molecule has 0 aliphatic rings. The number of hydrogen-bond donors (Lipinski definition) is 1. The number of carbonyl (C=O) groups is 1. The van der Waals surface area contributed by atoms with E-state index >= 15 is 0 Å². The summed E-state index contributed by atoms with van der Waals surface area (Å²) < 4.78 is 16.4. The van der Waals surface area contributed by atoms with Gasteiger partial charge in [0.05, 0.1) is 0 Å². The van der Waals surface area contributed by atoms with Crippen LogP contribution < -0.4 is 5.32 Å². The number of rotatable bonds is 16. The van der Waals surface area contributed by atoms with E-state index in [4.69, 9.17) is 13.3 Å². The van der Waals surface area contributed by atoms with Crippen molar-refractivity contribution in [3.05, 3.63) is 6.42 Å². The third kappa shape index (κ3) is 11.7. The maximum absolute atomic E-state index is 12.0. The van der Waals surface area contributed by atoms with Crippen LogP contribution in [0.5, 0.6) is 0 Å². The summed E-state index contributed by atoms with van der Waals surface area (Å²) in [5.41, 5.74) is -0.0164. The van der Waals surface area contributed by atoms with Crippen molar-refractivity contribution in [1.82, 2.24) is 5.32 Å². The zero-order chi connectivity index (χ0) is 19.2. The van der Waals surface area contributed by atoms with E-state index in [9.17, 15) is 4.79 Å². The van der Waals surface area contributed by atoms with E-state index in [2.05, 4.69) is 32.5 Å². The molecule has 6 heteroatoms. The molecule has 1 radical (unpaired) electrons. The Kier molecular flexibility index (Phi) is 13.5. The van der Waals surface area contributed by atoms with Crippen molar-refractivity contribution in [2.75, 3.05) is 27.9 Å². The van der Waals surface area contributed by atoms with E-state index in [0.29, 0.717) is 13.0 Å². The lowest BCUT2D eigenvalue weighted by Crippen LogP contribution is -2.44. The van der Waals surface area contributed by atoms with Gasteiger partial charge in [0.15, 0.2) is 0 Å². The van der Waals surface area contributed by atoms with E-state index in [0.717, 1.165) is 31.7 Å². The van der Waals surface area contributed by atoms with Crippen LogP contribution in [0.1, 0.15) is 72.1 Å². The van der Waals surface area contributed by atoms with Gasteiger partial charge in [0.2, 0.25) is 5.91 Å². The molecule has 0 rings (SSSR count). The molecule has 0 aromatic rings. The lowest BCUT2D eigenvalue weighted by atomic mass is 9.90. The largest absolute Gasteiger partial charge is 0.500 e. The molecule has 0 unspecified atom stereocenters. The fraction of sp³-hybridized carbons (Fsp3) is 0.895. The predicted molar refractivity (Wildman–Crippen MR) is 105 cm³/mol. The topological polar surface area (TPSA) is 56.8 Å². The van der Waals surface area contributed by atoms with Crippen molar-refractivity contribution in [2.45, 2.75) is 78.2 Å². The molecule has 25 heavy (non-hydrogen) atoms. The zero-order valence-electron chi connectivity index (χ0n) is 17.3. The van der Waals surface area contributed by atoms with Gasteiger partial charge < -0.3 is 18.6 Å². The Morgan fingerprint density at radius 1 is 1.04 bits per heavy atom. The van der Waals surface area contributed by atoms with Crippen molar-refractivity contribution < 1.29 is 18.1 Å². The van der Waals surface area contributed by atoms with Crippen molar-refractivity contribution in [3.63, 3.8) is 0 Å². The van der Waals surface area contributed by atoms with Gasteiger partial charge in [-0.05, 0) is 24.7 Å². The van der Waals surface area contributed by atoms with Crippen molar-refractivity contribution >= 4 is 14.7 Å². The molecule has 0 aromatic carbocycles. The Labute approximate surface area is 156 Å². The zero-order valence-corrected chi connectivity index (χ0v) is 18.3. The molecule has 0 aliphatic heterocycles. The third-order valence-electron chi connectivity index (χ3n) is 4.63. The second kappa shape index (κ2) is 13.7. The van der Waals surface area contributed by atoms with Gasteiger partial charge in [-0.1, -0.05) is 52.9 Å². The lowest BCUT2D eigenvalue weighted by molar-refractivity contribution is -0.121. The Balaban J connectivity index is 3.93. The molecule has 0 aromatic heterocycles. The fourth-order valence-electron chi connectivity index (χ4n) is 2.63. The standard InChI is InChI=1S/C19H40NO4Si/c1-7-8-9-10-11-12-13-14-18(21)20-17-19(2,3)15-16-25(22-4,23-5)24-6/h10H,7-9,11-17H2,1-6H3,(H,20,21). The van der Waals surface area contributed by atoms with Gasteiger partial charge in [0.1, 0.15) is 0 Å². The number of carbonyl (C=O) groups excluding carboxylic acids is 1. The van der Waals surface area contributed by atoms with Crippen LogP contribution in [0.25, 0.3) is 0 Å². The van der Waals surface area contributed by atoms with Gasteiger partial charge in [-0.15, -0.1) is 0 Å². The molecule has 0 heterocycles. The molecule has 0 saturated heterocycles. The Hall–Kier alpha value is -0.433. The smallest absolute Gasteiger partial charge is 0.377 e. The van der Waals surface area contributed by atoms with Gasteiger partial charge in [0.25, 0.3) is 0 Å². The highest BCUT2D eigenvalue weighted by Crippen LogP contribution is 2.27. The maximum atomic E-state index is 12.0. The first-order chi connectivity index (χ1) is 11.8. The van der Waals surface area contributed by atoms with Gasteiger partial charge in [-0.25, -0.2) is 0 Å². The minimum Gasteiger partial charge on any atom is -0.377 e. The summed E-state index contributed by atoms with van der Waals surface area (Å²) in [6.45, 7) is 7.17. The van der Waals surface area contributed by atoms with Crippen LogP contribution in [-0.4, -0.2) is 42.6 Å². The summed E-state index contributed by atoms with van der Waals surface area (Å²) in [6.07, 6.45) is 10.7. The van der Waals surface area contributed by atoms with E-state index in [1.807, 2.05) is 0 Å². The third-order valence-corrected chi connectivity index (χ3v) is 7.36. The molecule has 0 aliphatic carbocycles. The highest BCUT2D eigenvalue weighted by atomic mass is 28.4. The van der Waals surface area contributed by atoms with Gasteiger partial charge in [-0.2, -0.15) is 0 Å². The number of nitrogens with one attached hydrogen (secondary N) is 1. The molecule has 149 valence electrons. The van der Waals surface area contributed by atoms with E-state index in [-0.39, 0.29) is 11.3 Å². The maximum Gasteiger partial charge on any atom is 0.500 e. The number of unbranched alkanes of at least 4 members (excludes halogenated alkanes) is 6. The van der Waals surface area contributed by atoms with E-state index in [1.165, 1.54) is 19.3 Å². The van der Waals surface area contributed by atoms with Crippen LogP contribution >= 0.6 is 0 Å². The van der Waals surface area contributed by atoms with Crippen molar-refractivity contribution in [1.29, 1.82) is 0 Å². The van der Waals surface area contributed by atoms with Crippen LogP contribution in [0.3, 0.4) is 0 Å². The van der Waals surface area contributed by atoms with Crippen molar-refractivity contribution in [3.8, 4) is 0 Å². The molecule has 0 saturated carbocycles. The molecule has 0 spiro atoms. The number of hydrogen-bond acceptors (Lipinski definition) is 4. The first kappa shape index (κ1) is 24.6. The summed E-state index contributed by atoms with van der Waals surface area (Å²) in [5, 5.41) is 3.07. The molecule has 1 N–H and O–H groups in total. The van der Waals surface area contributed by atoms with Crippen LogP contribution in [0.4, 0.5) is 0 Å². The quantitative estimate of drug-likeness (QED) is 0.322. The average Bonchev–Trinajstić information content (AvgIpc) is 2.61. The lowest BCUT2D eigenvalue weighted by Gasteiger charge is -2.30. The number of amides is 1. The Morgan fingerprint density at radius 2 is 1.64 bits per heavy atom. The normalized spacial score (nSPS) is 12.4. The summed E-state index contributed by atoms with van der Waals surface area (Å²) in [4.78, 5) is 12.0. The molecule has 0 fully saturated rings. The molecular formula is C19H40NO4Si. The Bertz CT molecular complexity index is 338. The van der Waals surface area contributed by atoms with Crippen LogP contribution in [-0.2, 0) is 18.1 Å². The second-order valence-electron chi connectivity index (χ2n) is 7.41. The molecular weight excluding hydrogens is 334 g/mol.